The predicted octanol–water partition coefficient (Wildman–Crippen LogP) is 2.28. The van der Waals surface area contributed by atoms with Crippen LogP contribution in [0.25, 0.3) is 6.08 Å². The molecule has 1 heterocycles. The van der Waals surface area contributed by atoms with Crippen LogP contribution in [0.4, 0.5) is 0 Å². The summed E-state index contributed by atoms with van der Waals surface area (Å²) < 4.78 is 0. The Morgan fingerprint density at radius 3 is 2.43 bits per heavy atom. The zero-order valence-electron chi connectivity index (χ0n) is 7.37. The first-order valence-corrected chi connectivity index (χ1v) is 4.96. The summed E-state index contributed by atoms with van der Waals surface area (Å²) in [4.78, 5) is 0.793. The Morgan fingerprint density at radius 2 is 1.86 bits per heavy atom. The molecule has 1 fully saturated rings. The van der Waals surface area contributed by atoms with Gasteiger partial charge < -0.3 is 5.32 Å². The highest BCUT2D eigenvalue weighted by molar-refractivity contribution is 8.18. The van der Waals surface area contributed by atoms with Crippen molar-refractivity contribution in [2.45, 2.75) is 0 Å². The van der Waals surface area contributed by atoms with Crippen molar-refractivity contribution in [3.63, 3.8) is 0 Å². The Hall–Kier alpha value is -1.55. The van der Waals surface area contributed by atoms with Crippen molar-refractivity contribution >= 4 is 28.8 Å². The molecule has 3 N–H and O–H groups in total. The van der Waals surface area contributed by atoms with E-state index in [9.17, 15) is 0 Å². The molecular weight excluding hydrogens is 194 g/mol. The van der Waals surface area contributed by atoms with Crippen LogP contribution < -0.4 is 5.32 Å². The van der Waals surface area contributed by atoms with Crippen LogP contribution in [-0.2, 0) is 0 Å². The van der Waals surface area contributed by atoms with E-state index in [1.54, 1.807) is 0 Å². The van der Waals surface area contributed by atoms with Gasteiger partial charge in [0.25, 0.3) is 0 Å². The van der Waals surface area contributed by atoms with Gasteiger partial charge in [0.1, 0.15) is 5.84 Å². The smallest absolute Gasteiger partial charge is 0.164 e. The maximum atomic E-state index is 7.54. The Bertz CT molecular complexity index is 409. The maximum absolute atomic E-state index is 7.54. The minimum atomic E-state index is 0.309. The van der Waals surface area contributed by atoms with Crippen LogP contribution in [0.3, 0.4) is 0 Å². The summed E-state index contributed by atoms with van der Waals surface area (Å²) in [5.74, 6) is 0.309. The van der Waals surface area contributed by atoms with E-state index in [4.69, 9.17) is 10.8 Å². The Kier molecular flexibility index (Phi) is 2.37. The molecule has 14 heavy (non-hydrogen) atoms. The molecule has 70 valence electrons. The van der Waals surface area contributed by atoms with Crippen LogP contribution in [0, 0.1) is 10.8 Å². The summed E-state index contributed by atoms with van der Waals surface area (Å²) in [6, 6.07) is 9.81. The van der Waals surface area contributed by atoms with E-state index >= 15 is 0 Å². The monoisotopic (exact) mass is 203 g/mol. The lowest BCUT2D eigenvalue weighted by Crippen LogP contribution is -2.17. The first kappa shape index (κ1) is 9.02. The molecule has 4 heteroatoms. The Labute approximate surface area is 86.2 Å². The highest BCUT2D eigenvalue weighted by Gasteiger charge is 2.18. The van der Waals surface area contributed by atoms with Gasteiger partial charge >= 0.3 is 0 Å². The molecule has 0 radical (unpaired) electrons. The van der Waals surface area contributed by atoms with E-state index in [2.05, 4.69) is 5.32 Å². The molecule has 0 bridgehead atoms. The Morgan fingerprint density at radius 1 is 1.14 bits per heavy atom. The van der Waals surface area contributed by atoms with Crippen molar-refractivity contribution in [3.8, 4) is 0 Å². The number of rotatable bonds is 1. The maximum Gasteiger partial charge on any atom is 0.164 e. The van der Waals surface area contributed by atoms with E-state index < -0.39 is 0 Å². The molecule has 1 aliphatic heterocycles. The van der Waals surface area contributed by atoms with Gasteiger partial charge in [-0.15, -0.1) is 0 Å². The van der Waals surface area contributed by atoms with E-state index in [0.29, 0.717) is 11.0 Å². The van der Waals surface area contributed by atoms with Gasteiger partial charge in [-0.1, -0.05) is 30.3 Å². The van der Waals surface area contributed by atoms with E-state index in [1.165, 1.54) is 11.8 Å². The lowest BCUT2D eigenvalue weighted by Gasteiger charge is -1.94. The first-order chi connectivity index (χ1) is 6.75. The fraction of sp³-hybridized carbons (Fsp3) is 0. The first-order valence-electron chi connectivity index (χ1n) is 4.15. The van der Waals surface area contributed by atoms with E-state index in [-0.39, 0.29) is 0 Å². The summed E-state index contributed by atoms with van der Waals surface area (Å²) in [5.41, 5.74) is 1.05. The molecule has 0 atom stereocenters. The number of nitrogens with one attached hydrogen (secondary N) is 3. The van der Waals surface area contributed by atoms with Crippen molar-refractivity contribution in [1.29, 1.82) is 10.8 Å². The quantitative estimate of drug-likeness (QED) is 0.655. The third kappa shape index (κ3) is 1.85. The van der Waals surface area contributed by atoms with Crippen LogP contribution in [0.5, 0.6) is 0 Å². The zero-order valence-corrected chi connectivity index (χ0v) is 8.19. The average Bonchev–Trinajstić information content (AvgIpc) is 2.47. The third-order valence-corrected chi connectivity index (χ3v) is 2.64. The van der Waals surface area contributed by atoms with Gasteiger partial charge in [0, 0.05) is 0 Å². The minimum Gasteiger partial charge on any atom is -0.319 e. The normalized spacial score (nSPS) is 18.7. The molecule has 3 nitrogen and oxygen atoms in total. The number of amidine groups is 2. The second kappa shape index (κ2) is 3.67. The molecular formula is C10H9N3S. The van der Waals surface area contributed by atoms with Crippen LogP contribution in [0.2, 0.25) is 0 Å². The molecule has 1 aromatic carbocycles. The van der Waals surface area contributed by atoms with Crippen molar-refractivity contribution < 1.29 is 0 Å². The van der Waals surface area contributed by atoms with Crippen LogP contribution >= 0.6 is 11.8 Å². The molecule has 0 unspecified atom stereocenters. The van der Waals surface area contributed by atoms with Crippen molar-refractivity contribution in [2.24, 2.45) is 0 Å². The standard InChI is InChI=1S/C10H9N3S/c11-9-8(14-10(12)13-9)6-7-4-2-1-3-5-7/h1-6H,(H3,11,12,13)/b8-6-. The highest BCUT2D eigenvalue weighted by Crippen LogP contribution is 2.24. The van der Waals surface area contributed by atoms with E-state index in [1.807, 2.05) is 36.4 Å². The molecule has 0 spiro atoms. The highest BCUT2D eigenvalue weighted by atomic mass is 32.2. The summed E-state index contributed by atoms with van der Waals surface area (Å²) in [5, 5.41) is 17.9. The van der Waals surface area contributed by atoms with Crippen LogP contribution in [0.15, 0.2) is 35.2 Å². The predicted molar refractivity (Wildman–Crippen MR) is 60.6 cm³/mol. The third-order valence-electron chi connectivity index (χ3n) is 1.79. The zero-order chi connectivity index (χ0) is 9.97. The largest absolute Gasteiger partial charge is 0.319 e. The fourth-order valence-corrected chi connectivity index (χ4v) is 1.89. The van der Waals surface area contributed by atoms with Gasteiger partial charge in [-0.25, -0.2) is 0 Å². The van der Waals surface area contributed by atoms with Crippen molar-refractivity contribution in [2.75, 3.05) is 0 Å². The second-order valence-electron chi connectivity index (χ2n) is 2.85. The lowest BCUT2D eigenvalue weighted by molar-refractivity contribution is 1.31. The summed E-state index contributed by atoms with van der Waals surface area (Å²) >= 11 is 1.28. The van der Waals surface area contributed by atoms with Gasteiger partial charge in [0.15, 0.2) is 5.17 Å². The number of hydrogen-bond donors (Lipinski definition) is 3. The van der Waals surface area contributed by atoms with Gasteiger partial charge in [0.2, 0.25) is 0 Å². The SMILES string of the molecule is N=C1NC(=N)/C(=C/c2ccccc2)S1. The molecule has 1 aliphatic rings. The molecule has 0 amide bonds. The summed E-state index contributed by atoms with van der Waals surface area (Å²) in [7, 11) is 0. The molecule has 2 rings (SSSR count). The summed E-state index contributed by atoms with van der Waals surface area (Å²) in [6.07, 6.45) is 1.90. The molecule has 0 aliphatic carbocycles. The van der Waals surface area contributed by atoms with Crippen LogP contribution in [-0.4, -0.2) is 11.0 Å². The van der Waals surface area contributed by atoms with Gasteiger partial charge in [-0.05, 0) is 23.4 Å². The molecule has 1 aromatic rings. The average molecular weight is 203 g/mol. The minimum absolute atomic E-state index is 0.309. The second-order valence-corrected chi connectivity index (χ2v) is 3.90. The number of benzene rings is 1. The molecule has 0 aromatic heterocycles. The van der Waals surface area contributed by atoms with Gasteiger partial charge in [0.05, 0.1) is 4.91 Å². The van der Waals surface area contributed by atoms with Gasteiger partial charge in [-0.2, -0.15) is 0 Å². The molecule has 0 saturated carbocycles. The van der Waals surface area contributed by atoms with Gasteiger partial charge in [-0.3, -0.25) is 10.8 Å². The van der Waals surface area contributed by atoms with Crippen molar-refractivity contribution in [3.05, 3.63) is 40.8 Å². The van der Waals surface area contributed by atoms with E-state index in [0.717, 1.165) is 10.5 Å². The van der Waals surface area contributed by atoms with Crippen molar-refractivity contribution in [1.82, 2.24) is 5.32 Å². The number of thioether (sulfide) groups is 1. The topological polar surface area (TPSA) is 59.7 Å². The fourth-order valence-electron chi connectivity index (χ4n) is 1.16. The van der Waals surface area contributed by atoms with Crippen LogP contribution in [0.1, 0.15) is 5.56 Å². The summed E-state index contributed by atoms with van der Waals surface area (Å²) in [6.45, 7) is 0. The lowest BCUT2D eigenvalue weighted by atomic mass is 10.2. The number of hydrogen-bond acceptors (Lipinski definition) is 3. The molecule has 1 saturated heterocycles. The Balaban J connectivity index is 2.28.